The summed E-state index contributed by atoms with van der Waals surface area (Å²) in [6.45, 7) is 1.20. The van der Waals surface area contributed by atoms with Gasteiger partial charge in [-0.25, -0.2) is 4.98 Å². The van der Waals surface area contributed by atoms with E-state index in [4.69, 9.17) is 9.84 Å². The Bertz CT molecular complexity index is 512. The first-order valence-corrected chi connectivity index (χ1v) is 6.84. The number of nitrogens with zero attached hydrogens (tertiary/aromatic N) is 2. The van der Waals surface area contributed by atoms with E-state index < -0.39 is 5.97 Å². The summed E-state index contributed by atoms with van der Waals surface area (Å²) in [5.74, 6) is -1.30. The summed E-state index contributed by atoms with van der Waals surface area (Å²) in [7, 11) is 0. The number of amides is 1. The third-order valence-electron chi connectivity index (χ3n) is 3.39. The average Bonchev–Trinajstić information content (AvgIpc) is 2.47. The van der Waals surface area contributed by atoms with Crippen molar-refractivity contribution in [1.82, 2.24) is 9.88 Å². The summed E-state index contributed by atoms with van der Waals surface area (Å²) in [6.07, 6.45) is 2.74. The molecule has 2 heterocycles. The Morgan fingerprint density at radius 1 is 1.38 bits per heavy atom. The van der Waals surface area contributed by atoms with E-state index in [1.165, 1.54) is 12.3 Å². The number of aliphatic carboxylic acids is 1. The van der Waals surface area contributed by atoms with Crippen molar-refractivity contribution >= 4 is 11.9 Å². The summed E-state index contributed by atoms with van der Waals surface area (Å²) < 4.78 is 5.47. The van der Waals surface area contributed by atoms with Crippen LogP contribution in [0.4, 0.5) is 0 Å². The number of pyridine rings is 1. The van der Waals surface area contributed by atoms with E-state index in [0.29, 0.717) is 25.9 Å². The van der Waals surface area contributed by atoms with Crippen molar-refractivity contribution in [3.05, 3.63) is 24.0 Å². The maximum Gasteiger partial charge on any atom is 0.305 e. The van der Waals surface area contributed by atoms with Gasteiger partial charge in [-0.1, -0.05) is 0 Å². The monoisotopic (exact) mass is 294 g/mol. The van der Waals surface area contributed by atoms with Gasteiger partial charge < -0.3 is 19.8 Å². The van der Waals surface area contributed by atoms with Crippen molar-refractivity contribution in [2.24, 2.45) is 0 Å². The fourth-order valence-electron chi connectivity index (χ4n) is 2.25. The molecule has 7 nitrogen and oxygen atoms in total. The quantitative estimate of drug-likeness (QED) is 0.836. The number of hydrogen-bond donors (Lipinski definition) is 2. The van der Waals surface area contributed by atoms with Gasteiger partial charge in [0.1, 0.15) is 5.75 Å². The van der Waals surface area contributed by atoms with E-state index in [0.717, 1.165) is 0 Å². The zero-order valence-corrected chi connectivity index (χ0v) is 11.6. The Labute approximate surface area is 122 Å². The maximum absolute atomic E-state index is 12.2. The van der Waals surface area contributed by atoms with Gasteiger partial charge in [-0.15, -0.1) is 0 Å². The Balaban J connectivity index is 1.82. The van der Waals surface area contributed by atoms with Crippen molar-refractivity contribution in [2.75, 3.05) is 19.7 Å². The zero-order valence-electron chi connectivity index (χ0n) is 11.6. The standard InChI is InChI=1S/C14H18N2O5/c17-11-2-1-6-15-13(11)14(20)16-7-3-10(4-8-16)21-9-5-12(18)19/h1-2,6,10,17H,3-5,7-9H2,(H,18,19). The number of carbonyl (C=O) groups excluding carboxylic acids is 1. The number of aromatic nitrogens is 1. The molecule has 0 aromatic carbocycles. The largest absolute Gasteiger partial charge is 0.505 e. The third-order valence-corrected chi connectivity index (χ3v) is 3.39. The van der Waals surface area contributed by atoms with Gasteiger partial charge in [0.25, 0.3) is 5.91 Å². The van der Waals surface area contributed by atoms with Crippen LogP contribution < -0.4 is 0 Å². The van der Waals surface area contributed by atoms with E-state index in [1.807, 2.05) is 0 Å². The van der Waals surface area contributed by atoms with E-state index in [9.17, 15) is 14.7 Å². The van der Waals surface area contributed by atoms with Crippen molar-refractivity contribution < 1.29 is 24.5 Å². The summed E-state index contributed by atoms with van der Waals surface area (Å²) in [5, 5.41) is 18.2. The minimum atomic E-state index is -0.881. The molecule has 21 heavy (non-hydrogen) atoms. The van der Waals surface area contributed by atoms with Crippen LogP contribution in [-0.4, -0.2) is 57.8 Å². The van der Waals surface area contributed by atoms with Gasteiger partial charge in [0.05, 0.1) is 19.1 Å². The number of carbonyl (C=O) groups is 2. The van der Waals surface area contributed by atoms with E-state index >= 15 is 0 Å². The molecule has 0 aliphatic carbocycles. The minimum absolute atomic E-state index is 0.0129. The van der Waals surface area contributed by atoms with Crippen LogP contribution in [0.1, 0.15) is 29.8 Å². The number of rotatable bonds is 5. The molecule has 1 aromatic heterocycles. The van der Waals surface area contributed by atoms with Crippen LogP contribution in [0.3, 0.4) is 0 Å². The predicted octanol–water partition coefficient (Wildman–Crippen LogP) is 0.883. The topological polar surface area (TPSA) is 100.0 Å². The SMILES string of the molecule is O=C(O)CCOC1CCN(C(=O)c2ncccc2O)CC1. The molecule has 1 amide bonds. The van der Waals surface area contributed by atoms with Gasteiger partial charge in [-0.2, -0.15) is 0 Å². The molecule has 1 aliphatic heterocycles. The Morgan fingerprint density at radius 2 is 2.10 bits per heavy atom. The van der Waals surface area contributed by atoms with Crippen LogP contribution in [0.2, 0.25) is 0 Å². The van der Waals surface area contributed by atoms with Gasteiger partial charge in [0, 0.05) is 19.3 Å². The van der Waals surface area contributed by atoms with Crippen molar-refractivity contribution in [2.45, 2.75) is 25.4 Å². The number of hydrogen-bond acceptors (Lipinski definition) is 5. The summed E-state index contributed by atoms with van der Waals surface area (Å²) in [6, 6.07) is 3.00. The Morgan fingerprint density at radius 3 is 2.71 bits per heavy atom. The average molecular weight is 294 g/mol. The summed E-state index contributed by atoms with van der Waals surface area (Å²) in [5.41, 5.74) is 0.0581. The number of carboxylic acid groups (broad SMARTS) is 1. The Kier molecular flexibility index (Phi) is 5.10. The van der Waals surface area contributed by atoms with E-state index in [2.05, 4.69) is 4.98 Å². The normalized spacial score (nSPS) is 15.9. The van der Waals surface area contributed by atoms with Crippen LogP contribution >= 0.6 is 0 Å². The molecule has 0 radical (unpaired) electrons. The van der Waals surface area contributed by atoms with Crippen LogP contribution in [0.15, 0.2) is 18.3 Å². The molecule has 0 saturated carbocycles. The molecule has 0 bridgehead atoms. The smallest absolute Gasteiger partial charge is 0.305 e. The van der Waals surface area contributed by atoms with E-state index in [1.54, 1.807) is 11.0 Å². The first kappa shape index (κ1) is 15.2. The van der Waals surface area contributed by atoms with Crippen LogP contribution in [-0.2, 0) is 9.53 Å². The van der Waals surface area contributed by atoms with Crippen LogP contribution in [0.5, 0.6) is 5.75 Å². The highest BCUT2D eigenvalue weighted by Gasteiger charge is 2.26. The predicted molar refractivity (Wildman–Crippen MR) is 73.0 cm³/mol. The second-order valence-electron chi connectivity index (χ2n) is 4.88. The van der Waals surface area contributed by atoms with Crippen molar-refractivity contribution in [1.29, 1.82) is 0 Å². The molecule has 0 unspecified atom stereocenters. The third kappa shape index (κ3) is 4.16. The van der Waals surface area contributed by atoms with Gasteiger partial charge in [0.2, 0.25) is 0 Å². The lowest BCUT2D eigenvalue weighted by Crippen LogP contribution is -2.41. The number of likely N-dealkylation sites (tertiary alicyclic amines) is 1. The molecular formula is C14H18N2O5. The molecular weight excluding hydrogens is 276 g/mol. The molecule has 1 aromatic rings. The van der Waals surface area contributed by atoms with Gasteiger partial charge in [-0.05, 0) is 25.0 Å². The number of aromatic hydroxyl groups is 1. The van der Waals surface area contributed by atoms with E-state index in [-0.39, 0.29) is 36.5 Å². The summed E-state index contributed by atoms with van der Waals surface area (Å²) >= 11 is 0. The molecule has 1 saturated heterocycles. The zero-order chi connectivity index (χ0) is 15.2. The van der Waals surface area contributed by atoms with Crippen LogP contribution in [0.25, 0.3) is 0 Å². The highest BCUT2D eigenvalue weighted by molar-refractivity contribution is 5.94. The van der Waals surface area contributed by atoms with Crippen molar-refractivity contribution in [3.63, 3.8) is 0 Å². The van der Waals surface area contributed by atoms with Crippen molar-refractivity contribution in [3.8, 4) is 5.75 Å². The first-order chi connectivity index (χ1) is 10.1. The molecule has 1 aliphatic rings. The fraction of sp³-hybridized carbons (Fsp3) is 0.500. The second-order valence-corrected chi connectivity index (χ2v) is 4.88. The molecule has 2 N–H and O–H groups in total. The number of ether oxygens (including phenoxy) is 1. The Hall–Kier alpha value is -2.15. The molecule has 0 atom stereocenters. The highest BCUT2D eigenvalue weighted by atomic mass is 16.5. The van der Waals surface area contributed by atoms with Gasteiger partial charge in [-0.3, -0.25) is 9.59 Å². The lowest BCUT2D eigenvalue weighted by Gasteiger charge is -2.31. The summed E-state index contributed by atoms with van der Waals surface area (Å²) in [4.78, 5) is 28.2. The first-order valence-electron chi connectivity index (χ1n) is 6.84. The maximum atomic E-state index is 12.2. The molecule has 1 fully saturated rings. The van der Waals surface area contributed by atoms with Crippen LogP contribution in [0, 0.1) is 0 Å². The number of carboxylic acids is 1. The molecule has 114 valence electrons. The highest BCUT2D eigenvalue weighted by Crippen LogP contribution is 2.19. The van der Waals surface area contributed by atoms with Gasteiger partial charge in [0.15, 0.2) is 5.69 Å². The molecule has 2 rings (SSSR count). The molecule has 7 heteroatoms. The lowest BCUT2D eigenvalue weighted by molar-refractivity contribution is -0.138. The van der Waals surface area contributed by atoms with Gasteiger partial charge >= 0.3 is 5.97 Å². The second kappa shape index (κ2) is 7.03. The molecule has 0 spiro atoms. The fourth-order valence-corrected chi connectivity index (χ4v) is 2.25. The minimum Gasteiger partial charge on any atom is -0.505 e. The number of piperidine rings is 1. The lowest BCUT2D eigenvalue weighted by atomic mass is 10.1.